The Hall–Kier alpha value is -1.94. The molecule has 1 heterocycles. The normalized spacial score (nSPS) is 10.6. The summed E-state index contributed by atoms with van der Waals surface area (Å²) in [6.45, 7) is 0. The van der Waals surface area contributed by atoms with E-state index in [2.05, 4.69) is 44.4 Å². The van der Waals surface area contributed by atoms with Gasteiger partial charge in [0.25, 0.3) is 0 Å². The first-order valence-corrected chi connectivity index (χ1v) is 6.11. The molecule has 0 spiro atoms. The van der Waals surface area contributed by atoms with Crippen molar-refractivity contribution in [3.8, 4) is 11.3 Å². The maximum Gasteiger partial charge on any atom is 0.167 e. The minimum absolute atomic E-state index is 0.839. The van der Waals surface area contributed by atoms with E-state index in [1.807, 2.05) is 19.2 Å². The molecule has 3 aromatic rings. The number of aromatic nitrogens is 2. The molecule has 4 heteroatoms. The van der Waals surface area contributed by atoms with Gasteiger partial charge in [0.05, 0.1) is 11.7 Å². The molecular weight excluding hydrogens is 230 g/mol. The van der Waals surface area contributed by atoms with Gasteiger partial charge in [0.1, 0.15) is 5.69 Å². The van der Waals surface area contributed by atoms with Gasteiger partial charge in [-0.05, 0) is 10.8 Å². The summed E-state index contributed by atoms with van der Waals surface area (Å²) in [5, 5.41) is 5.51. The molecule has 0 aliphatic heterocycles. The lowest BCUT2D eigenvalue weighted by Gasteiger charge is -2.05. The van der Waals surface area contributed by atoms with Gasteiger partial charge >= 0.3 is 0 Å². The van der Waals surface area contributed by atoms with E-state index in [9.17, 15) is 0 Å². The Labute approximate surface area is 103 Å². The summed E-state index contributed by atoms with van der Waals surface area (Å²) in [5.74, 6) is 0.839. The van der Waals surface area contributed by atoms with Crippen molar-refractivity contribution in [3.63, 3.8) is 0 Å². The molecule has 84 valence electrons. The largest absolute Gasteiger partial charge is 0.370 e. The first-order valence-electron chi connectivity index (χ1n) is 5.38. The van der Waals surface area contributed by atoms with Crippen LogP contribution in [-0.4, -0.2) is 15.8 Å². The fourth-order valence-electron chi connectivity index (χ4n) is 1.96. The molecule has 0 saturated heterocycles. The molecule has 1 N–H and O–H groups in total. The lowest BCUT2D eigenvalue weighted by Crippen LogP contribution is -1.91. The van der Waals surface area contributed by atoms with E-state index < -0.39 is 0 Å². The number of rotatable bonds is 2. The first-order chi connectivity index (χ1) is 8.40. The predicted octanol–water partition coefficient (Wildman–Crippen LogP) is 3.40. The van der Waals surface area contributed by atoms with Crippen molar-refractivity contribution in [1.29, 1.82) is 0 Å². The van der Waals surface area contributed by atoms with Crippen LogP contribution in [0.4, 0.5) is 5.82 Å². The summed E-state index contributed by atoms with van der Waals surface area (Å²) in [7, 11) is 1.87. The highest BCUT2D eigenvalue weighted by Crippen LogP contribution is 2.31. The third kappa shape index (κ3) is 1.66. The summed E-state index contributed by atoms with van der Waals surface area (Å²) < 4.78 is 8.61. The van der Waals surface area contributed by atoms with Crippen LogP contribution in [0.15, 0.2) is 42.5 Å². The summed E-state index contributed by atoms with van der Waals surface area (Å²) in [5.41, 5.74) is 2.05. The van der Waals surface area contributed by atoms with Crippen molar-refractivity contribution in [2.75, 3.05) is 12.4 Å². The van der Waals surface area contributed by atoms with Crippen LogP contribution in [0.1, 0.15) is 0 Å². The second-order valence-electron chi connectivity index (χ2n) is 3.74. The Balaban J connectivity index is 2.31. The number of hydrogen-bond donors (Lipinski definition) is 1. The molecule has 0 amide bonds. The van der Waals surface area contributed by atoms with Crippen molar-refractivity contribution in [3.05, 3.63) is 42.5 Å². The topological polar surface area (TPSA) is 37.8 Å². The number of nitrogens with one attached hydrogen (secondary N) is 1. The SMILES string of the molecule is CNc1nsnc1-c1cccc2ccccc12. The Morgan fingerprint density at radius 2 is 1.82 bits per heavy atom. The zero-order valence-corrected chi connectivity index (χ0v) is 10.2. The highest BCUT2D eigenvalue weighted by atomic mass is 32.1. The zero-order valence-electron chi connectivity index (χ0n) is 9.34. The molecule has 0 radical (unpaired) electrons. The Morgan fingerprint density at radius 1 is 1.00 bits per heavy atom. The molecule has 0 fully saturated rings. The standard InChI is InChI=1S/C13H11N3S/c1-14-13-12(15-17-16-13)11-8-4-6-9-5-2-3-7-10(9)11/h2-8H,1H3,(H,14,16). The Morgan fingerprint density at radius 3 is 2.71 bits per heavy atom. The minimum Gasteiger partial charge on any atom is -0.370 e. The number of nitrogens with zero attached hydrogens (tertiary/aromatic N) is 2. The first kappa shape index (κ1) is 10.2. The van der Waals surface area contributed by atoms with Gasteiger partial charge in [-0.15, -0.1) is 0 Å². The molecule has 3 rings (SSSR count). The maximum atomic E-state index is 4.38. The van der Waals surface area contributed by atoms with Gasteiger partial charge < -0.3 is 5.32 Å². The van der Waals surface area contributed by atoms with Crippen molar-refractivity contribution in [1.82, 2.24) is 8.75 Å². The van der Waals surface area contributed by atoms with Crippen LogP contribution in [0.2, 0.25) is 0 Å². The van der Waals surface area contributed by atoms with E-state index in [1.54, 1.807) is 0 Å². The van der Waals surface area contributed by atoms with Gasteiger partial charge in [-0.3, -0.25) is 0 Å². The smallest absolute Gasteiger partial charge is 0.167 e. The van der Waals surface area contributed by atoms with Gasteiger partial charge in [-0.2, -0.15) is 8.75 Å². The average Bonchev–Trinajstić information content (AvgIpc) is 2.86. The van der Waals surface area contributed by atoms with Gasteiger partial charge in [0.15, 0.2) is 5.82 Å². The van der Waals surface area contributed by atoms with E-state index in [4.69, 9.17) is 0 Å². The van der Waals surface area contributed by atoms with Crippen LogP contribution in [0, 0.1) is 0 Å². The van der Waals surface area contributed by atoms with Crippen molar-refractivity contribution in [2.45, 2.75) is 0 Å². The lowest BCUT2D eigenvalue weighted by atomic mass is 10.0. The summed E-state index contributed by atoms with van der Waals surface area (Å²) in [4.78, 5) is 0. The van der Waals surface area contributed by atoms with Crippen molar-refractivity contribution < 1.29 is 0 Å². The van der Waals surface area contributed by atoms with E-state index in [0.29, 0.717) is 0 Å². The second kappa shape index (κ2) is 4.14. The van der Waals surface area contributed by atoms with Gasteiger partial charge in [0.2, 0.25) is 0 Å². The third-order valence-corrected chi connectivity index (χ3v) is 3.30. The number of hydrogen-bond acceptors (Lipinski definition) is 4. The van der Waals surface area contributed by atoms with E-state index >= 15 is 0 Å². The van der Waals surface area contributed by atoms with Crippen molar-refractivity contribution in [2.24, 2.45) is 0 Å². The number of anilines is 1. The molecule has 0 atom stereocenters. The molecule has 3 nitrogen and oxygen atoms in total. The van der Waals surface area contributed by atoms with E-state index in [1.165, 1.54) is 22.5 Å². The maximum absolute atomic E-state index is 4.38. The van der Waals surface area contributed by atoms with Crippen LogP contribution in [0.5, 0.6) is 0 Å². The van der Waals surface area contributed by atoms with Crippen molar-refractivity contribution >= 4 is 28.3 Å². The van der Waals surface area contributed by atoms with E-state index in [-0.39, 0.29) is 0 Å². The molecule has 0 unspecified atom stereocenters. The Bertz CT molecular complexity index is 655. The predicted molar refractivity (Wildman–Crippen MR) is 72.4 cm³/mol. The van der Waals surface area contributed by atoms with Crippen LogP contribution in [0.3, 0.4) is 0 Å². The fraction of sp³-hybridized carbons (Fsp3) is 0.0769. The highest BCUT2D eigenvalue weighted by molar-refractivity contribution is 6.99. The molecule has 2 aromatic carbocycles. The molecule has 0 aliphatic carbocycles. The highest BCUT2D eigenvalue weighted by Gasteiger charge is 2.11. The fourth-order valence-corrected chi connectivity index (χ4v) is 2.53. The molecule has 0 saturated carbocycles. The Kier molecular flexibility index (Phi) is 2.49. The average molecular weight is 241 g/mol. The monoisotopic (exact) mass is 241 g/mol. The quantitative estimate of drug-likeness (QED) is 0.747. The zero-order chi connectivity index (χ0) is 11.7. The molecular formula is C13H11N3S. The van der Waals surface area contributed by atoms with Gasteiger partial charge in [-0.1, -0.05) is 42.5 Å². The van der Waals surface area contributed by atoms with Gasteiger partial charge in [-0.25, -0.2) is 0 Å². The molecule has 0 aliphatic rings. The lowest BCUT2D eigenvalue weighted by molar-refractivity contribution is 1.41. The van der Waals surface area contributed by atoms with Crippen LogP contribution in [0.25, 0.3) is 22.0 Å². The number of benzene rings is 2. The minimum atomic E-state index is 0.839. The second-order valence-corrected chi connectivity index (χ2v) is 4.27. The molecule has 1 aromatic heterocycles. The van der Waals surface area contributed by atoms with Crippen LogP contribution in [-0.2, 0) is 0 Å². The molecule has 17 heavy (non-hydrogen) atoms. The van der Waals surface area contributed by atoms with Gasteiger partial charge in [0, 0.05) is 12.6 Å². The summed E-state index contributed by atoms with van der Waals surface area (Å²) >= 11 is 1.23. The number of fused-ring (bicyclic) bond motifs is 1. The summed E-state index contributed by atoms with van der Waals surface area (Å²) in [6.07, 6.45) is 0. The third-order valence-electron chi connectivity index (χ3n) is 2.77. The van der Waals surface area contributed by atoms with Crippen LogP contribution >= 0.6 is 11.7 Å². The molecule has 0 bridgehead atoms. The summed E-state index contributed by atoms with van der Waals surface area (Å²) in [6, 6.07) is 14.6. The van der Waals surface area contributed by atoms with Crippen LogP contribution < -0.4 is 5.32 Å². The van der Waals surface area contributed by atoms with E-state index in [0.717, 1.165) is 17.1 Å².